The van der Waals surface area contributed by atoms with Gasteiger partial charge in [0.1, 0.15) is 11.4 Å². The topological polar surface area (TPSA) is 78.6 Å². The average molecular weight is 295 g/mol. The lowest BCUT2D eigenvalue weighted by Crippen LogP contribution is -2.39. The van der Waals surface area contributed by atoms with Crippen LogP contribution in [0.2, 0.25) is 0 Å². The predicted molar refractivity (Wildman–Crippen MR) is 82.6 cm³/mol. The van der Waals surface area contributed by atoms with Crippen LogP contribution in [0, 0.1) is 5.92 Å². The van der Waals surface area contributed by atoms with Crippen LogP contribution in [0.15, 0.2) is 12.1 Å². The first kappa shape index (κ1) is 15.9. The molecule has 1 aromatic heterocycles. The Balaban J connectivity index is 1.98. The third kappa shape index (κ3) is 4.22. The van der Waals surface area contributed by atoms with Gasteiger partial charge in [-0.05, 0) is 18.1 Å². The Hall–Kier alpha value is -1.53. The van der Waals surface area contributed by atoms with Gasteiger partial charge in [-0.2, -0.15) is 4.98 Å². The van der Waals surface area contributed by atoms with Gasteiger partial charge < -0.3 is 25.3 Å². The zero-order chi connectivity index (χ0) is 15.3. The third-order valence-electron chi connectivity index (χ3n) is 3.53. The van der Waals surface area contributed by atoms with Crippen molar-refractivity contribution in [2.45, 2.75) is 25.9 Å². The van der Waals surface area contributed by atoms with Gasteiger partial charge in [0.05, 0.1) is 18.9 Å². The molecular weight excluding hydrogens is 270 g/mol. The Bertz CT molecular complexity index is 459. The number of nitrogens with one attached hydrogen (secondary N) is 1. The number of ether oxygens (including phenoxy) is 3. The van der Waals surface area contributed by atoms with E-state index in [-0.39, 0.29) is 5.60 Å². The number of aromatic nitrogens is 1. The van der Waals surface area contributed by atoms with Gasteiger partial charge in [0.15, 0.2) is 0 Å². The molecule has 1 fully saturated rings. The number of nitrogens with two attached hydrogens (primary N) is 1. The second-order valence-corrected chi connectivity index (χ2v) is 5.84. The maximum Gasteiger partial charge on any atom is 0.239 e. The van der Waals surface area contributed by atoms with Crippen LogP contribution in [-0.4, -0.2) is 44.1 Å². The Labute approximate surface area is 126 Å². The molecule has 1 unspecified atom stereocenters. The van der Waals surface area contributed by atoms with Gasteiger partial charge in [0.25, 0.3) is 0 Å². The normalized spacial score (nSPS) is 21.7. The smallest absolute Gasteiger partial charge is 0.239 e. The van der Waals surface area contributed by atoms with Gasteiger partial charge >= 0.3 is 0 Å². The zero-order valence-electron chi connectivity index (χ0n) is 13.0. The summed E-state index contributed by atoms with van der Waals surface area (Å²) in [4.78, 5) is 4.42. The number of rotatable bonds is 7. The van der Waals surface area contributed by atoms with Gasteiger partial charge in [-0.1, -0.05) is 13.8 Å². The van der Waals surface area contributed by atoms with Gasteiger partial charge in [-0.3, -0.25) is 0 Å². The van der Waals surface area contributed by atoms with Crippen molar-refractivity contribution in [2.24, 2.45) is 5.92 Å². The van der Waals surface area contributed by atoms with Crippen LogP contribution < -0.4 is 15.8 Å². The van der Waals surface area contributed by atoms with Crippen molar-refractivity contribution < 1.29 is 14.2 Å². The fraction of sp³-hybridized carbons (Fsp3) is 0.667. The first-order valence-corrected chi connectivity index (χ1v) is 7.31. The largest absolute Gasteiger partial charge is 0.476 e. The number of nitrogens with zero attached hydrogens (tertiary/aromatic N) is 1. The molecule has 3 N–H and O–H groups in total. The summed E-state index contributed by atoms with van der Waals surface area (Å²) >= 11 is 0. The highest BCUT2D eigenvalue weighted by Gasteiger charge is 2.34. The second kappa shape index (κ2) is 6.95. The molecule has 118 valence electrons. The fourth-order valence-electron chi connectivity index (χ4n) is 2.12. The van der Waals surface area contributed by atoms with Crippen LogP contribution in [0.4, 0.5) is 11.5 Å². The predicted octanol–water partition coefficient (Wildman–Crippen LogP) is 1.92. The summed E-state index contributed by atoms with van der Waals surface area (Å²) in [6.45, 7) is 6.73. The van der Waals surface area contributed by atoms with Crippen molar-refractivity contribution in [3.63, 3.8) is 0 Å². The minimum absolute atomic E-state index is 0.276. The average Bonchev–Trinajstić information content (AvgIpc) is 2.94. The molecule has 0 radical (unpaired) electrons. The molecule has 6 nitrogen and oxygen atoms in total. The molecule has 1 atom stereocenters. The Morgan fingerprint density at radius 2 is 2.29 bits per heavy atom. The van der Waals surface area contributed by atoms with E-state index >= 15 is 0 Å². The lowest BCUT2D eigenvalue weighted by Gasteiger charge is -2.26. The molecule has 0 aliphatic carbocycles. The molecule has 0 aromatic carbocycles. The SMILES string of the molecule is COC1(CNc2ccc(N)c(OCC(C)C)n2)CCOC1. The molecule has 21 heavy (non-hydrogen) atoms. The summed E-state index contributed by atoms with van der Waals surface area (Å²) in [6.07, 6.45) is 0.877. The molecule has 0 bridgehead atoms. The molecule has 2 rings (SSSR count). The molecular formula is C15H25N3O3. The summed E-state index contributed by atoms with van der Waals surface area (Å²) in [5, 5.41) is 3.28. The van der Waals surface area contributed by atoms with E-state index in [1.807, 2.05) is 6.07 Å². The minimum Gasteiger partial charge on any atom is -0.476 e. The van der Waals surface area contributed by atoms with Crippen LogP contribution in [0.25, 0.3) is 0 Å². The summed E-state index contributed by atoms with van der Waals surface area (Å²) in [6, 6.07) is 3.65. The highest BCUT2D eigenvalue weighted by molar-refractivity contribution is 5.53. The van der Waals surface area contributed by atoms with E-state index in [1.165, 1.54) is 0 Å². The lowest BCUT2D eigenvalue weighted by molar-refractivity contribution is -0.00626. The van der Waals surface area contributed by atoms with Gasteiger partial charge in [-0.25, -0.2) is 0 Å². The van der Waals surface area contributed by atoms with E-state index in [4.69, 9.17) is 19.9 Å². The molecule has 0 saturated carbocycles. The van der Waals surface area contributed by atoms with Crippen molar-refractivity contribution >= 4 is 11.5 Å². The molecule has 0 amide bonds. The zero-order valence-corrected chi connectivity index (χ0v) is 13.0. The van der Waals surface area contributed by atoms with Gasteiger partial charge in [0.2, 0.25) is 5.88 Å². The third-order valence-corrected chi connectivity index (χ3v) is 3.53. The number of nitrogen functional groups attached to an aromatic ring is 1. The monoisotopic (exact) mass is 295 g/mol. The highest BCUT2D eigenvalue weighted by atomic mass is 16.5. The molecule has 1 aliphatic rings. The second-order valence-electron chi connectivity index (χ2n) is 5.84. The van der Waals surface area contributed by atoms with Gasteiger partial charge in [0, 0.05) is 26.7 Å². The number of hydrogen-bond donors (Lipinski definition) is 2. The highest BCUT2D eigenvalue weighted by Crippen LogP contribution is 2.25. The quantitative estimate of drug-likeness (QED) is 0.800. The van der Waals surface area contributed by atoms with Crippen molar-refractivity contribution in [3.8, 4) is 5.88 Å². The number of anilines is 2. The maximum absolute atomic E-state index is 5.89. The number of pyridine rings is 1. The van der Waals surface area contributed by atoms with E-state index in [2.05, 4.69) is 24.1 Å². The van der Waals surface area contributed by atoms with Crippen molar-refractivity contribution in [1.82, 2.24) is 4.98 Å². The molecule has 1 aliphatic heterocycles. The van der Waals surface area contributed by atoms with Crippen molar-refractivity contribution in [1.29, 1.82) is 0 Å². The summed E-state index contributed by atoms with van der Waals surface area (Å²) in [7, 11) is 1.71. The van der Waals surface area contributed by atoms with Crippen molar-refractivity contribution in [3.05, 3.63) is 12.1 Å². The Kier molecular flexibility index (Phi) is 5.25. The van der Waals surface area contributed by atoms with Crippen LogP contribution in [0.1, 0.15) is 20.3 Å². The molecule has 6 heteroatoms. The molecule has 1 aromatic rings. The lowest BCUT2D eigenvalue weighted by atomic mass is 10.0. The Morgan fingerprint density at radius 3 is 2.90 bits per heavy atom. The summed E-state index contributed by atoms with van der Waals surface area (Å²) < 4.78 is 16.6. The Morgan fingerprint density at radius 1 is 1.48 bits per heavy atom. The van der Waals surface area contributed by atoms with E-state index in [0.29, 0.717) is 37.2 Å². The minimum atomic E-state index is -0.276. The number of hydrogen-bond acceptors (Lipinski definition) is 6. The van der Waals surface area contributed by atoms with Crippen LogP contribution in [0.3, 0.4) is 0 Å². The molecule has 0 spiro atoms. The molecule has 2 heterocycles. The number of methoxy groups -OCH3 is 1. The molecule has 1 saturated heterocycles. The first-order chi connectivity index (χ1) is 10.0. The van der Waals surface area contributed by atoms with Crippen LogP contribution in [-0.2, 0) is 9.47 Å². The van der Waals surface area contributed by atoms with E-state index < -0.39 is 0 Å². The van der Waals surface area contributed by atoms with E-state index in [1.54, 1.807) is 13.2 Å². The summed E-state index contributed by atoms with van der Waals surface area (Å²) in [5.74, 6) is 1.63. The van der Waals surface area contributed by atoms with Crippen LogP contribution >= 0.6 is 0 Å². The van der Waals surface area contributed by atoms with Gasteiger partial charge in [-0.15, -0.1) is 0 Å². The van der Waals surface area contributed by atoms with Crippen molar-refractivity contribution in [2.75, 3.05) is 44.5 Å². The van der Waals surface area contributed by atoms with Crippen LogP contribution in [0.5, 0.6) is 5.88 Å². The first-order valence-electron chi connectivity index (χ1n) is 7.31. The van der Waals surface area contributed by atoms with E-state index in [9.17, 15) is 0 Å². The summed E-state index contributed by atoms with van der Waals surface area (Å²) in [5.41, 5.74) is 6.16. The maximum atomic E-state index is 5.89. The fourth-order valence-corrected chi connectivity index (χ4v) is 2.12. The standard InChI is InChI=1S/C15H25N3O3/c1-11(2)8-21-14-12(16)4-5-13(18-14)17-9-15(19-3)6-7-20-10-15/h4-5,11H,6-10,16H2,1-3H3,(H,17,18). The van der Waals surface area contributed by atoms with E-state index in [0.717, 1.165) is 18.8 Å².